The van der Waals surface area contributed by atoms with Gasteiger partial charge >= 0.3 is 0 Å². The number of pyridine rings is 1. The number of hydrogen-bond acceptors (Lipinski definition) is 7. The number of imidazole rings is 1. The van der Waals surface area contributed by atoms with Crippen LogP contribution in [0.25, 0.3) is 27.8 Å². The standard InChI is InChI=1S/C27H31N5O4S/c1-30(2)11-5-13-36-27-9-7-20(17-28-27)22-15-25-23(16-26(22)35-3)29-18-31(25)21-8-6-19-10-12-32(24(19)14-21)37(4,33)34/h6-9,14-18H,5,10-13H2,1-4H3. The molecule has 9 nitrogen and oxygen atoms in total. The molecule has 0 spiro atoms. The SMILES string of the molecule is COc1cc2ncn(-c3ccc4c(c3)N(S(C)(=O)=O)CC4)c2cc1-c1ccc(OCCCN(C)C)nc1. The van der Waals surface area contributed by atoms with Crippen LogP contribution in [0.4, 0.5) is 5.69 Å². The van der Waals surface area contributed by atoms with E-state index in [1.54, 1.807) is 19.6 Å². The number of methoxy groups -OCH3 is 1. The molecule has 0 saturated heterocycles. The third kappa shape index (κ3) is 5.12. The summed E-state index contributed by atoms with van der Waals surface area (Å²) in [4.78, 5) is 11.2. The van der Waals surface area contributed by atoms with Crippen LogP contribution in [0.5, 0.6) is 11.6 Å². The summed E-state index contributed by atoms with van der Waals surface area (Å²) in [5.74, 6) is 1.28. The van der Waals surface area contributed by atoms with Crippen molar-refractivity contribution in [3.05, 3.63) is 60.6 Å². The monoisotopic (exact) mass is 521 g/mol. The summed E-state index contributed by atoms with van der Waals surface area (Å²) in [6.07, 6.45) is 6.41. The lowest BCUT2D eigenvalue weighted by Crippen LogP contribution is -2.27. The summed E-state index contributed by atoms with van der Waals surface area (Å²) >= 11 is 0. The molecule has 0 aliphatic carbocycles. The second-order valence-corrected chi connectivity index (χ2v) is 11.4. The fraction of sp³-hybridized carbons (Fsp3) is 0.333. The number of anilines is 1. The minimum absolute atomic E-state index is 0.464. The fourth-order valence-corrected chi connectivity index (χ4v) is 5.60. The van der Waals surface area contributed by atoms with Crippen molar-refractivity contribution in [1.82, 2.24) is 19.4 Å². The molecule has 2 aromatic carbocycles. The molecule has 5 rings (SSSR count). The van der Waals surface area contributed by atoms with Crippen LogP contribution < -0.4 is 13.8 Å². The third-order valence-electron chi connectivity index (χ3n) is 6.52. The molecule has 37 heavy (non-hydrogen) atoms. The summed E-state index contributed by atoms with van der Waals surface area (Å²) in [5, 5.41) is 0. The van der Waals surface area contributed by atoms with Crippen molar-refractivity contribution < 1.29 is 17.9 Å². The maximum absolute atomic E-state index is 12.3. The first-order valence-corrected chi connectivity index (χ1v) is 14.0. The molecular formula is C27H31N5O4S. The molecule has 0 amide bonds. The third-order valence-corrected chi connectivity index (χ3v) is 7.70. The molecule has 194 valence electrons. The Bertz CT molecular complexity index is 1530. The number of fused-ring (bicyclic) bond motifs is 2. The van der Waals surface area contributed by atoms with E-state index in [4.69, 9.17) is 9.47 Å². The van der Waals surface area contributed by atoms with Gasteiger partial charge in [0.2, 0.25) is 15.9 Å². The lowest BCUT2D eigenvalue weighted by atomic mass is 10.1. The van der Waals surface area contributed by atoms with E-state index in [2.05, 4.69) is 14.9 Å². The van der Waals surface area contributed by atoms with Gasteiger partial charge in [0.25, 0.3) is 0 Å². The van der Waals surface area contributed by atoms with E-state index in [0.29, 0.717) is 31.2 Å². The van der Waals surface area contributed by atoms with Crippen LogP contribution in [0.3, 0.4) is 0 Å². The van der Waals surface area contributed by atoms with Gasteiger partial charge in [0.15, 0.2) is 0 Å². The topological polar surface area (TPSA) is 89.8 Å². The predicted molar refractivity (Wildman–Crippen MR) is 145 cm³/mol. The quantitative estimate of drug-likeness (QED) is 0.310. The van der Waals surface area contributed by atoms with E-state index in [-0.39, 0.29) is 0 Å². The van der Waals surface area contributed by atoms with Gasteiger partial charge in [-0.05, 0) is 56.8 Å². The van der Waals surface area contributed by atoms with E-state index in [1.165, 1.54) is 10.6 Å². The summed E-state index contributed by atoms with van der Waals surface area (Å²) in [7, 11) is 2.38. The van der Waals surface area contributed by atoms with Crippen molar-refractivity contribution in [3.8, 4) is 28.4 Å². The first-order valence-electron chi connectivity index (χ1n) is 12.1. The number of ether oxygens (including phenoxy) is 2. The molecule has 1 aliphatic heterocycles. The fourth-order valence-electron chi connectivity index (χ4n) is 4.65. The maximum Gasteiger partial charge on any atom is 0.232 e. The van der Waals surface area contributed by atoms with Crippen LogP contribution in [-0.4, -0.2) is 75.0 Å². The lowest BCUT2D eigenvalue weighted by molar-refractivity contribution is 0.273. The Labute approximate surface area is 217 Å². The van der Waals surface area contributed by atoms with Crippen LogP contribution >= 0.6 is 0 Å². The highest BCUT2D eigenvalue weighted by molar-refractivity contribution is 7.92. The van der Waals surface area contributed by atoms with Crippen LogP contribution in [0, 0.1) is 0 Å². The number of benzene rings is 2. The predicted octanol–water partition coefficient (Wildman–Crippen LogP) is 3.75. The maximum atomic E-state index is 12.3. The van der Waals surface area contributed by atoms with Crippen LogP contribution in [-0.2, 0) is 16.4 Å². The summed E-state index contributed by atoms with van der Waals surface area (Å²) in [6.45, 7) is 2.03. The molecule has 0 atom stereocenters. The second kappa shape index (κ2) is 10.0. The molecular weight excluding hydrogens is 490 g/mol. The normalized spacial score (nSPS) is 13.4. The van der Waals surface area contributed by atoms with Gasteiger partial charge in [-0.25, -0.2) is 18.4 Å². The average molecular weight is 522 g/mol. The van der Waals surface area contributed by atoms with Crippen molar-refractivity contribution in [2.75, 3.05) is 51.5 Å². The minimum Gasteiger partial charge on any atom is -0.496 e. The molecule has 3 heterocycles. The zero-order chi connectivity index (χ0) is 26.2. The van der Waals surface area contributed by atoms with Crippen molar-refractivity contribution >= 4 is 26.7 Å². The van der Waals surface area contributed by atoms with Gasteiger partial charge in [0.05, 0.1) is 36.7 Å². The van der Waals surface area contributed by atoms with Gasteiger partial charge in [0.1, 0.15) is 12.1 Å². The minimum atomic E-state index is -3.34. The van der Waals surface area contributed by atoms with E-state index in [1.807, 2.05) is 61.1 Å². The van der Waals surface area contributed by atoms with Crippen molar-refractivity contribution in [1.29, 1.82) is 0 Å². The van der Waals surface area contributed by atoms with E-state index in [9.17, 15) is 8.42 Å². The molecule has 4 aromatic rings. The van der Waals surface area contributed by atoms with E-state index < -0.39 is 10.0 Å². The Kier molecular flexibility index (Phi) is 6.78. The first-order chi connectivity index (χ1) is 17.7. The van der Waals surface area contributed by atoms with Crippen molar-refractivity contribution in [2.45, 2.75) is 12.8 Å². The Morgan fingerprint density at radius 2 is 1.92 bits per heavy atom. The summed E-state index contributed by atoms with van der Waals surface area (Å²) in [6, 6.07) is 13.7. The summed E-state index contributed by atoms with van der Waals surface area (Å²) in [5.41, 5.74) is 6.01. The Hall–Kier alpha value is -3.63. The molecule has 2 aromatic heterocycles. The molecule has 0 saturated carbocycles. The number of hydrogen-bond donors (Lipinski definition) is 0. The number of nitrogens with zero attached hydrogens (tertiary/aromatic N) is 5. The average Bonchev–Trinajstić information content (AvgIpc) is 3.49. The molecule has 0 fully saturated rings. The van der Waals surface area contributed by atoms with Crippen LogP contribution in [0.15, 0.2) is 55.0 Å². The van der Waals surface area contributed by atoms with E-state index in [0.717, 1.165) is 52.1 Å². The number of aromatic nitrogens is 3. The number of sulfonamides is 1. The van der Waals surface area contributed by atoms with Gasteiger partial charge in [0, 0.05) is 48.2 Å². The van der Waals surface area contributed by atoms with E-state index >= 15 is 0 Å². The summed E-state index contributed by atoms with van der Waals surface area (Å²) < 4.78 is 39.4. The van der Waals surface area contributed by atoms with Crippen molar-refractivity contribution in [2.24, 2.45) is 0 Å². The molecule has 1 aliphatic rings. The Balaban J connectivity index is 1.48. The van der Waals surface area contributed by atoms with Gasteiger partial charge in [-0.1, -0.05) is 6.07 Å². The second-order valence-electron chi connectivity index (χ2n) is 9.44. The zero-order valence-corrected chi connectivity index (χ0v) is 22.3. The molecule has 0 N–H and O–H groups in total. The van der Waals surface area contributed by atoms with Gasteiger partial charge in [-0.2, -0.15) is 0 Å². The smallest absolute Gasteiger partial charge is 0.232 e. The molecule has 0 unspecified atom stereocenters. The van der Waals surface area contributed by atoms with Gasteiger partial charge in [-0.15, -0.1) is 0 Å². The largest absolute Gasteiger partial charge is 0.496 e. The Morgan fingerprint density at radius 1 is 1.08 bits per heavy atom. The van der Waals surface area contributed by atoms with Crippen LogP contribution in [0.2, 0.25) is 0 Å². The van der Waals surface area contributed by atoms with Crippen molar-refractivity contribution in [3.63, 3.8) is 0 Å². The van der Waals surface area contributed by atoms with Crippen LogP contribution in [0.1, 0.15) is 12.0 Å². The van der Waals surface area contributed by atoms with Gasteiger partial charge in [-0.3, -0.25) is 8.87 Å². The first kappa shape index (κ1) is 25.0. The zero-order valence-electron chi connectivity index (χ0n) is 21.5. The highest BCUT2D eigenvalue weighted by Gasteiger charge is 2.26. The highest BCUT2D eigenvalue weighted by atomic mass is 32.2. The lowest BCUT2D eigenvalue weighted by Gasteiger charge is -2.17. The molecule has 10 heteroatoms. The Morgan fingerprint density at radius 3 is 2.62 bits per heavy atom. The highest BCUT2D eigenvalue weighted by Crippen LogP contribution is 2.36. The molecule has 0 radical (unpaired) electrons. The number of rotatable bonds is 9. The molecule has 0 bridgehead atoms. The van der Waals surface area contributed by atoms with Gasteiger partial charge < -0.3 is 14.4 Å².